The fourth-order valence-corrected chi connectivity index (χ4v) is 4.98. The molecule has 0 spiro atoms. The summed E-state index contributed by atoms with van der Waals surface area (Å²) in [5, 5.41) is 0.209. The summed E-state index contributed by atoms with van der Waals surface area (Å²) in [6.07, 6.45) is 2.95. The Kier molecular flexibility index (Phi) is 5.67. The van der Waals surface area contributed by atoms with Crippen LogP contribution < -0.4 is 0 Å². The number of halogens is 1. The van der Waals surface area contributed by atoms with Crippen molar-refractivity contribution in [2.45, 2.75) is 25.8 Å². The molecule has 1 fully saturated rings. The molecular weight excluding hydrogens is 380 g/mol. The number of imidazole rings is 1. The maximum Gasteiger partial charge on any atom is 0.333 e. The minimum atomic E-state index is -1.10. The van der Waals surface area contributed by atoms with Crippen LogP contribution in [0.15, 0.2) is 12.7 Å². The molecule has 0 unspecified atom stereocenters. The van der Waals surface area contributed by atoms with Crippen LogP contribution in [0.2, 0.25) is 5.15 Å². The maximum atomic E-state index is 13.0. The van der Waals surface area contributed by atoms with Crippen LogP contribution in [-0.2, 0) is 24.6 Å². The molecule has 0 amide bonds. The number of hydrogen-bond donors (Lipinski definition) is 0. The lowest BCUT2D eigenvalue weighted by Crippen LogP contribution is -2.49. The van der Waals surface area contributed by atoms with Gasteiger partial charge in [-0.3, -0.25) is 9.36 Å². The number of thioether (sulfide) groups is 1. The number of nitrogens with zero attached hydrogens (tertiary/aromatic N) is 4. The summed E-state index contributed by atoms with van der Waals surface area (Å²) < 4.78 is 12.1. The molecule has 140 valence electrons. The molecule has 0 saturated carbocycles. The van der Waals surface area contributed by atoms with Crippen molar-refractivity contribution in [3.05, 3.63) is 17.8 Å². The van der Waals surface area contributed by atoms with Gasteiger partial charge in [0, 0.05) is 11.7 Å². The van der Waals surface area contributed by atoms with Crippen molar-refractivity contribution in [1.29, 1.82) is 0 Å². The lowest BCUT2D eigenvalue weighted by molar-refractivity contribution is -0.156. The van der Waals surface area contributed by atoms with Gasteiger partial charge in [-0.1, -0.05) is 11.6 Å². The molecule has 0 N–H and O–H groups in total. The number of fused-ring (bicyclic) bond motifs is 1. The third-order valence-electron chi connectivity index (χ3n) is 4.38. The van der Waals surface area contributed by atoms with Crippen LogP contribution in [0.5, 0.6) is 0 Å². The van der Waals surface area contributed by atoms with Gasteiger partial charge in [0.2, 0.25) is 0 Å². The Labute approximate surface area is 159 Å². The van der Waals surface area contributed by atoms with Gasteiger partial charge in [0.15, 0.2) is 16.3 Å². The topological polar surface area (TPSA) is 96.2 Å². The molecular formula is C16H19ClN4O4S. The van der Waals surface area contributed by atoms with Crippen molar-refractivity contribution in [2.24, 2.45) is 5.92 Å². The van der Waals surface area contributed by atoms with E-state index in [1.807, 2.05) is 0 Å². The summed E-state index contributed by atoms with van der Waals surface area (Å²) in [6, 6.07) is 0. The van der Waals surface area contributed by atoms with E-state index >= 15 is 0 Å². The summed E-state index contributed by atoms with van der Waals surface area (Å²) in [5.74, 6) is 0.00914. The molecule has 0 bridgehead atoms. The highest BCUT2D eigenvalue weighted by Crippen LogP contribution is 2.44. The SMILES string of the molecule is CCOC(=O)C[C@H]1CSC[C@]1(C(=O)OCC)n1cnc2c(Cl)ncnc21. The Morgan fingerprint density at radius 2 is 2.08 bits per heavy atom. The van der Waals surface area contributed by atoms with Gasteiger partial charge in [-0.15, -0.1) is 0 Å². The number of carbonyl (C=O) groups is 2. The molecule has 0 aliphatic carbocycles. The molecule has 2 atom stereocenters. The van der Waals surface area contributed by atoms with E-state index in [0.717, 1.165) is 0 Å². The van der Waals surface area contributed by atoms with E-state index in [1.54, 1.807) is 30.2 Å². The highest BCUT2D eigenvalue weighted by atomic mass is 35.5. The minimum absolute atomic E-state index is 0.109. The lowest BCUT2D eigenvalue weighted by atomic mass is 9.84. The molecule has 3 rings (SSSR count). The number of hydrogen-bond acceptors (Lipinski definition) is 8. The number of esters is 2. The van der Waals surface area contributed by atoms with Gasteiger partial charge in [0.25, 0.3) is 0 Å². The van der Waals surface area contributed by atoms with Gasteiger partial charge < -0.3 is 9.47 Å². The molecule has 2 aromatic heterocycles. The zero-order chi connectivity index (χ0) is 18.7. The van der Waals surface area contributed by atoms with E-state index in [9.17, 15) is 9.59 Å². The molecule has 1 aliphatic rings. The van der Waals surface area contributed by atoms with Crippen molar-refractivity contribution < 1.29 is 19.1 Å². The quantitative estimate of drug-likeness (QED) is 0.538. The zero-order valence-electron chi connectivity index (χ0n) is 14.5. The smallest absolute Gasteiger partial charge is 0.333 e. The van der Waals surface area contributed by atoms with Gasteiger partial charge in [-0.05, 0) is 19.6 Å². The third-order valence-corrected chi connectivity index (χ3v) is 5.94. The minimum Gasteiger partial charge on any atom is -0.466 e. The maximum absolute atomic E-state index is 13.0. The first-order valence-corrected chi connectivity index (χ1v) is 9.82. The predicted octanol–water partition coefficient (Wildman–Crippen LogP) is 2.05. The zero-order valence-corrected chi connectivity index (χ0v) is 16.0. The fourth-order valence-electron chi connectivity index (χ4n) is 3.21. The number of ether oxygens (including phenoxy) is 2. The molecule has 2 aromatic rings. The van der Waals surface area contributed by atoms with Crippen molar-refractivity contribution in [3.63, 3.8) is 0 Å². The molecule has 0 aromatic carbocycles. The molecule has 10 heteroatoms. The summed E-state index contributed by atoms with van der Waals surface area (Å²) in [5.41, 5.74) is -0.251. The van der Waals surface area contributed by atoms with Crippen molar-refractivity contribution in [1.82, 2.24) is 19.5 Å². The van der Waals surface area contributed by atoms with Crippen LogP contribution in [-0.4, -0.2) is 56.2 Å². The van der Waals surface area contributed by atoms with Gasteiger partial charge in [0.1, 0.15) is 11.8 Å². The Morgan fingerprint density at radius 3 is 2.81 bits per heavy atom. The van der Waals surface area contributed by atoms with E-state index in [1.165, 1.54) is 12.7 Å². The average molecular weight is 399 g/mol. The summed E-state index contributed by atoms with van der Waals surface area (Å²) >= 11 is 7.68. The van der Waals surface area contributed by atoms with E-state index < -0.39 is 11.5 Å². The van der Waals surface area contributed by atoms with Gasteiger partial charge >= 0.3 is 11.9 Å². The van der Waals surface area contributed by atoms with Crippen molar-refractivity contribution in [3.8, 4) is 0 Å². The van der Waals surface area contributed by atoms with Crippen LogP contribution in [0.4, 0.5) is 0 Å². The van der Waals surface area contributed by atoms with Gasteiger partial charge in [0.05, 0.1) is 26.0 Å². The highest BCUT2D eigenvalue weighted by molar-refractivity contribution is 7.99. The Morgan fingerprint density at radius 1 is 1.31 bits per heavy atom. The second kappa shape index (κ2) is 7.79. The third kappa shape index (κ3) is 3.14. The van der Waals surface area contributed by atoms with E-state index in [0.29, 0.717) is 29.3 Å². The molecule has 0 radical (unpaired) electrons. The number of carbonyl (C=O) groups excluding carboxylic acids is 2. The molecule has 8 nitrogen and oxygen atoms in total. The largest absolute Gasteiger partial charge is 0.466 e. The van der Waals surface area contributed by atoms with Crippen molar-refractivity contribution in [2.75, 3.05) is 24.7 Å². The number of aromatic nitrogens is 4. The predicted molar refractivity (Wildman–Crippen MR) is 97.0 cm³/mol. The standard InChI is InChI=1S/C16H19ClN4O4S/c1-3-24-11(22)5-10-6-26-7-16(10,15(23)25-4-2)21-9-20-12-13(17)18-8-19-14(12)21/h8-10H,3-7H2,1-2H3/t10-,16-/m0/s1. The Hall–Kier alpha value is -1.87. The summed E-state index contributed by atoms with van der Waals surface area (Å²) in [7, 11) is 0. The van der Waals surface area contributed by atoms with Crippen LogP contribution in [0.3, 0.4) is 0 Å². The molecule has 1 saturated heterocycles. The number of rotatable bonds is 6. The normalized spacial score (nSPS) is 22.5. The van der Waals surface area contributed by atoms with E-state index in [4.69, 9.17) is 21.1 Å². The van der Waals surface area contributed by atoms with Gasteiger partial charge in [-0.2, -0.15) is 11.8 Å². The first kappa shape index (κ1) is 18.9. The van der Waals surface area contributed by atoms with Crippen LogP contribution >= 0.6 is 23.4 Å². The second-order valence-electron chi connectivity index (χ2n) is 5.82. The second-order valence-corrected chi connectivity index (χ2v) is 7.21. The molecule has 26 heavy (non-hydrogen) atoms. The highest BCUT2D eigenvalue weighted by Gasteiger charge is 2.54. The Balaban J connectivity index is 2.10. The summed E-state index contributed by atoms with van der Waals surface area (Å²) in [6.45, 7) is 4.03. The average Bonchev–Trinajstić information content (AvgIpc) is 3.21. The first-order valence-electron chi connectivity index (χ1n) is 8.29. The lowest BCUT2D eigenvalue weighted by Gasteiger charge is -2.33. The molecule has 3 heterocycles. The van der Waals surface area contributed by atoms with E-state index in [2.05, 4.69) is 15.0 Å². The van der Waals surface area contributed by atoms with Crippen LogP contribution in [0, 0.1) is 5.92 Å². The van der Waals surface area contributed by atoms with Gasteiger partial charge in [-0.25, -0.2) is 19.7 Å². The fraction of sp³-hybridized carbons (Fsp3) is 0.562. The van der Waals surface area contributed by atoms with Crippen LogP contribution in [0.1, 0.15) is 20.3 Å². The monoisotopic (exact) mass is 398 g/mol. The van der Waals surface area contributed by atoms with Crippen LogP contribution in [0.25, 0.3) is 11.2 Å². The van der Waals surface area contributed by atoms with E-state index in [-0.39, 0.29) is 30.1 Å². The molecule has 1 aliphatic heterocycles. The Bertz CT molecular complexity index is 830. The van der Waals surface area contributed by atoms with Crippen molar-refractivity contribution >= 4 is 46.5 Å². The first-order chi connectivity index (χ1) is 12.5. The summed E-state index contributed by atoms with van der Waals surface area (Å²) in [4.78, 5) is 37.6.